The van der Waals surface area contributed by atoms with Crippen LogP contribution in [0.1, 0.15) is 38.2 Å². The predicted molar refractivity (Wildman–Crippen MR) is 89.1 cm³/mol. The minimum atomic E-state index is -0.137. The lowest BCUT2D eigenvalue weighted by Crippen LogP contribution is -2.24. The Kier molecular flexibility index (Phi) is 7.22. The van der Waals surface area contributed by atoms with Crippen LogP contribution in [0, 0.1) is 6.92 Å². The maximum absolute atomic E-state index is 11.9. The van der Waals surface area contributed by atoms with Crippen LogP contribution >= 0.6 is 15.9 Å². The summed E-state index contributed by atoms with van der Waals surface area (Å²) in [5.41, 5.74) is 7.99. The third-order valence-electron chi connectivity index (χ3n) is 3.01. The summed E-state index contributed by atoms with van der Waals surface area (Å²) in [6.07, 6.45) is 2.09. The first kappa shape index (κ1) is 17.5. The monoisotopic (exact) mass is 355 g/mol. The van der Waals surface area contributed by atoms with Gasteiger partial charge in [0.15, 0.2) is 0 Å². The topological polar surface area (TPSA) is 84.2 Å². The summed E-state index contributed by atoms with van der Waals surface area (Å²) in [5.74, 6) is -0.148. The summed E-state index contributed by atoms with van der Waals surface area (Å²) in [6.45, 7) is 4.56. The van der Waals surface area contributed by atoms with Crippen molar-refractivity contribution in [2.24, 2.45) is 0 Å². The number of rotatable bonds is 7. The van der Waals surface area contributed by atoms with Crippen LogP contribution in [0.5, 0.6) is 0 Å². The molecule has 0 aliphatic rings. The first-order chi connectivity index (χ1) is 9.93. The Morgan fingerprint density at radius 1 is 1.24 bits per heavy atom. The number of halogens is 1. The Labute approximate surface area is 133 Å². The molecule has 1 rings (SSSR count). The summed E-state index contributed by atoms with van der Waals surface area (Å²) in [6, 6.07) is 3.66. The largest absolute Gasteiger partial charge is 0.397 e. The third-order valence-corrected chi connectivity index (χ3v) is 3.46. The summed E-state index contributed by atoms with van der Waals surface area (Å²) < 4.78 is 0.864. The molecule has 2 amide bonds. The van der Waals surface area contributed by atoms with Crippen molar-refractivity contribution < 1.29 is 9.59 Å². The highest BCUT2D eigenvalue weighted by Gasteiger charge is 2.09. The molecule has 0 heterocycles. The number of hydrogen-bond donors (Lipinski definition) is 3. The highest BCUT2D eigenvalue weighted by Crippen LogP contribution is 2.27. The van der Waals surface area contributed by atoms with Gasteiger partial charge in [0.1, 0.15) is 0 Å². The van der Waals surface area contributed by atoms with Gasteiger partial charge in [-0.1, -0.05) is 22.9 Å². The van der Waals surface area contributed by atoms with Crippen molar-refractivity contribution in [1.82, 2.24) is 5.32 Å². The number of nitrogen functional groups attached to an aromatic ring is 1. The second-order valence-electron chi connectivity index (χ2n) is 4.94. The number of aryl methyl sites for hydroxylation is 1. The Balaban J connectivity index is 2.43. The smallest absolute Gasteiger partial charge is 0.224 e. The lowest BCUT2D eigenvalue weighted by atomic mass is 10.1. The van der Waals surface area contributed by atoms with Crippen molar-refractivity contribution in [2.75, 3.05) is 17.6 Å². The zero-order chi connectivity index (χ0) is 15.8. The van der Waals surface area contributed by atoms with Gasteiger partial charge in [0.2, 0.25) is 11.8 Å². The van der Waals surface area contributed by atoms with E-state index < -0.39 is 0 Å². The van der Waals surface area contributed by atoms with Crippen LogP contribution in [-0.2, 0) is 9.59 Å². The van der Waals surface area contributed by atoms with E-state index in [2.05, 4.69) is 26.6 Å². The quantitative estimate of drug-likeness (QED) is 0.657. The van der Waals surface area contributed by atoms with Crippen molar-refractivity contribution in [3.05, 3.63) is 22.2 Å². The van der Waals surface area contributed by atoms with Gasteiger partial charge in [-0.05, 0) is 37.5 Å². The minimum Gasteiger partial charge on any atom is -0.397 e. The second-order valence-corrected chi connectivity index (χ2v) is 5.85. The van der Waals surface area contributed by atoms with E-state index in [1.807, 2.05) is 19.9 Å². The van der Waals surface area contributed by atoms with Gasteiger partial charge in [-0.3, -0.25) is 9.59 Å². The highest BCUT2D eigenvalue weighted by molar-refractivity contribution is 9.10. The number of nitrogens with two attached hydrogens (primary N) is 1. The van der Waals surface area contributed by atoms with Crippen molar-refractivity contribution in [2.45, 2.75) is 39.5 Å². The van der Waals surface area contributed by atoms with Gasteiger partial charge in [-0.15, -0.1) is 0 Å². The fraction of sp³-hybridized carbons (Fsp3) is 0.467. The molecule has 1 aromatic rings. The van der Waals surface area contributed by atoms with Crippen LogP contribution in [-0.4, -0.2) is 18.4 Å². The molecule has 4 N–H and O–H groups in total. The molecule has 0 aliphatic heterocycles. The molecule has 0 spiro atoms. The maximum atomic E-state index is 11.9. The molecule has 0 aromatic heterocycles. The van der Waals surface area contributed by atoms with Gasteiger partial charge in [0, 0.05) is 23.9 Å². The van der Waals surface area contributed by atoms with Crippen LogP contribution in [0.3, 0.4) is 0 Å². The molecular weight excluding hydrogens is 334 g/mol. The molecule has 0 unspecified atom stereocenters. The summed E-state index contributed by atoms with van der Waals surface area (Å²) in [4.78, 5) is 23.3. The molecule has 116 valence electrons. The van der Waals surface area contributed by atoms with Crippen LogP contribution < -0.4 is 16.4 Å². The van der Waals surface area contributed by atoms with E-state index in [1.165, 1.54) is 0 Å². The van der Waals surface area contributed by atoms with Crippen LogP contribution in [0.25, 0.3) is 0 Å². The number of carbonyl (C=O) groups is 2. The zero-order valence-corrected chi connectivity index (χ0v) is 14.0. The van der Waals surface area contributed by atoms with Gasteiger partial charge in [0.05, 0.1) is 11.4 Å². The van der Waals surface area contributed by atoms with Gasteiger partial charge in [-0.25, -0.2) is 0 Å². The average molecular weight is 356 g/mol. The summed E-state index contributed by atoms with van der Waals surface area (Å²) >= 11 is 3.37. The fourth-order valence-corrected chi connectivity index (χ4v) is 2.41. The molecule has 0 bridgehead atoms. The van der Waals surface area contributed by atoms with Crippen molar-refractivity contribution in [1.29, 1.82) is 0 Å². The van der Waals surface area contributed by atoms with Gasteiger partial charge >= 0.3 is 0 Å². The maximum Gasteiger partial charge on any atom is 0.224 e. The molecule has 6 heteroatoms. The molecule has 0 atom stereocenters. The van der Waals surface area contributed by atoms with E-state index in [4.69, 9.17) is 5.73 Å². The third kappa shape index (κ3) is 6.16. The first-order valence-corrected chi connectivity index (χ1v) is 7.85. The Hall–Kier alpha value is -1.56. The van der Waals surface area contributed by atoms with Crippen LogP contribution in [0.15, 0.2) is 16.6 Å². The number of hydrogen-bond acceptors (Lipinski definition) is 3. The lowest BCUT2D eigenvalue weighted by Gasteiger charge is -2.11. The highest BCUT2D eigenvalue weighted by atomic mass is 79.9. The Morgan fingerprint density at radius 2 is 1.90 bits per heavy atom. The molecule has 0 saturated carbocycles. The van der Waals surface area contributed by atoms with E-state index in [0.29, 0.717) is 37.2 Å². The molecule has 5 nitrogen and oxygen atoms in total. The summed E-state index contributed by atoms with van der Waals surface area (Å²) in [5, 5.41) is 5.57. The second kappa shape index (κ2) is 8.67. The molecule has 1 aromatic carbocycles. The minimum absolute atomic E-state index is 0.0116. The van der Waals surface area contributed by atoms with E-state index in [0.717, 1.165) is 16.5 Å². The fourth-order valence-electron chi connectivity index (χ4n) is 1.83. The average Bonchev–Trinajstić information content (AvgIpc) is 2.42. The van der Waals surface area contributed by atoms with Crippen molar-refractivity contribution in [3.63, 3.8) is 0 Å². The van der Waals surface area contributed by atoms with E-state index >= 15 is 0 Å². The number of nitrogens with one attached hydrogen (secondary N) is 2. The van der Waals surface area contributed by atoms with Crippen molar-refractivity contribution in [3.8, 4) is 0 Å². The number of amides is 2. The van der Waals surface area contributed by atoms with Gasteiger partial charge < -0.3 is 16.4 Å². The molecule has 0 radical (unpaired) electrons. The normalized spacial score (nSPS) is 10.2. The van der Waals surface area contributed by atoms with E-state index in [9.17, 15) is 9.59 Å². The standard InChI is InChI=1S/C15H22BrN3O2/c1-3-7-18-13(20)5-4-6-14(21)19-12-9-11(16)8-10(2)15(12)17/h8-9H,3-7,17H2,1-2H3,(H,18,20)(H,19,21). The molecule has 0 fully saturated rings. The van der Waals surface area contributed by atoms with Crippen molar-refractivity contribution >= 4 is 39.1 Å². The SMILES string of the molecule is CCCNC(=O)CCCC(=O)Nc1cc(Br)cc(C)c1N. The van der Waals surface area contributed by atoms with E-state index in [-0.39, 0.29) is 11.8 Å². The van der Waals surface area contributed by atoms with Gasteiger partial charge in [-0.2, -0.15) is 0 Å². The predicted octanol–water partition coefficient (Wildman–Crippen LogP) is 2.97. The molecule has 21 heavy (non-hydrogen) atoms. The van der Waals surface area contributed by atoms with E-state index in [1.54, 1.807) is 6.07 Å². The number of anilines is 2. The molecular formula is C15H22BrN3O2. The summed E-state index contributed by atoms with van der Waals surface area (Å²) in [7, 11) is 0. The Morgan fingerprint density at radius 3 is 2.57 bits per heavy atom. The number of carbonyl (C=O) groups excluding carboxylic acids is 2. The van der Waals surface area contributed by atoms with Crippen LogP contribution in [0.2, 0.25) is 0 Å². The first-order valence-electron chi connectivity index (χ1n) is 7.06. The lowest BCUT2D eigenvalue weighted by molar-refractivity contribution is -0.121. The molecule has 0 aliphatic carbocycles. The van der Waals surface area contributed by atoms with Gasteiger partial charge in [0.25, 0.3) is 0 Å². The molecule has 0 saturated heterocycles. The zero-order valence-electron chi connectivity index (χ0n) is 12.5. The van der Waals surface area contributed by atoms with Crippen LogP contribution in [0.4, 0.5) is 11.4 Å². The number of benzene rings is 1. The Bertz CT molecular complexity index is 518.